The van der Waals surface area contributed by atoms with E-state index < -0.39 is 0 Å². The first kappa shape index (κ1) is 20.6. The summed E-state index contributed by atoms with van der Waals surface area (Å²) in [6.45, 7) is 8.64. The van der Waals surface area contributed by atoms with Gasteiger partial charge in [-0.1, -0.05) is 62.4 Å². The van der Waals surface area contributed by atoms with E-state index in [1.807, 2.05) is 13.0 Å². The maximum Gasteiger partial charge on any atom is 0.241 e. The number of aryl methyl sites for hydroxylation is 2. The first-order chi connectivity index (χ1) is 13.6. The average molecular weight is 380 g/mol. The molecule has 0 bridgehead atoms. The van der Waals surface area contributed by atoms with Crippen LogP contribution in [0.25, 0.3) is 0 Å². The fourth-order valence-electron chi connectivity index (χ4n) is 4.33. The molecule has 0 saturated carbocycles. The zero-order valence-electron chi connectivity index (χ0n) is 17.3. The molecule has 1 aliphatic heterocycles. The highest BCUT2D eigenvalue weighted by molar-refractivity contribution is 5.96. The quantitative estimate of drug-likeness (QED) is 0.769. The summed E-state index contributed by atoms with van der Waals surface area (Å²) in [5, 5.41) is 3.23. The van der Waals surface area contributed by atoms with Gasteiger partial charge in [-0.2, -0.15) is 0 Å². The molecule has 2 aromatic rings. The highest BCUT2D eigenvalue weighted by Gasteiger charge is 2.37. The summed E-state index contributed by atoms with van der Waals surface area (Å²) in [6, 6.07) is 16.6. The second kappa shape index (κ2) is 9.35. The van der Waals surface area contributed by atoms with Crippen LogP contribution >= 0.6 is 0 Å². The molecule has 0 aromatic heterocycles. The van der Waals surface area contributed by atoms with E-state index in [4.69, 9.17) is 5.73 Å². The fraction of sp³-hybridized carbons (Fsp3) is 0.458. The molecule has 1 fully saturated rings. The Kier molecular flexibility index (Phi) is 6.87. The van der Waals surface area contributed by atoms with Crippen LogP contribution in [0.4, 0.5) is 5.69 Å². The largest absolute Gasteiger partial charge is 0.330 e. The van der Waals surface area contributed by atoms with Gasteiger partial charge in [0, 0.05) is 24.7 Å². The summed E-state index contributed by atoms with van der Waals surface area (Å²) >= 11 is 0. The third-order valence-electron chi connectivity index (χ3n) is 6.17. The molecule has 150 valence electrons. The summed E-state index contributed by atoms with van der Waals surface area (Å²) in [5.41, 5.74) is 10.8. The summed E-state index contributed by atoms with van der Waals surface area (Å²) in [4.78, 5) is 15.4. The molecule has 0 spiro atoms. The van der Waals surface area contributed by atoms with Crippen LogP contribution in [-0.2, 0) is 17.6 Å². The molecule has 3 N–H and O–H groups in total. The van der Waals surface area contributed by atoms with Crippen molar-refractivity contribution in [3.05, 3.63) is 65.2 Å². The van der Waals surface area contributed by atoms with E-state index in [-0.39, 0.29) is 11.9 Å². The summed E-state index contributed by atoms with van der Waals surface area (Å²) in [6.07, 6.45) is 1.82. The van der Waals surface area contributed by atoms with Gasteiger partial charge in [-0.05, 0) is 48.9 Å². The van der Waals surface area contributed by atoms with E-state index in [1.165, 1.54) is 16.7 Å². The fourth-order valence-corrected chi connectivity index (χ4v) is 4.33. The van der Waals surface area contributed by atoms with Crippen LogP contribution in [0.5, 0.6) is 0 Å². The van der Waals surface area contributed by atoms with Crippen molar-refractivity contribution in [1.82, 2.24) is 4.90 Å². The molecule has 1 heterocycles. The number of nitrogens with one attached hydrogen (secondary N) is 1. The first-order valence-electron chi connectivity index (χ1n) is 10.5. The minimum absolute atomic E-state index is 0.0695. The smallest absolute Gasteiger partial charge is 0.241 e. The molecule has 1 aliphatic rings. The second-order valence-corrected chi connectivity index (χ2v) is 7.79. The van der Waals surface area contributed by atoms with E-state index in [9.17, 15) is 4.79 Å². The molecule has 28 heavy (non-hydrogen) atoms. The number of benzene rings is 2. The molecular formula is C24H33N3O. The van der Waals surface area contributed by atoms with Gasteiger partial charge in [0.05, 0.1) is 6.04 Å². The Hall–Kier alpha value is -2.17. The van der Waals surface area contributed by atoms with E-state index >= 15 is 0 Å². The third kappa shape index (κ3) is 4.29. The molecule has 4 nitrogen and oxygen atoms in total. The zero-order chi connectivity index (χ0) is 20.1. The van der Waals surface area contributed by atoms with Gasteiger partial charge in [0.25, 0.3) is 0 Å². The Bertz CT molecular complexity index is 767. The maximum absolute atomic E-state index is 13.1. The van der Waals surface area contributed by atoms with Gasteiger partial charge in [0.2, 0.25) is 5.91 Å². The van der Waals surface area contributed by atoms with Crippen LogP contribution in [0, 0.1) is 5.92 Å². The van der Waals surface area contributed by atoms with Crippen LogP contribution < -0.4 is 11.1 Å². The highest BCUT2D eigenvalue weighted by Crippen LogP contribution is 2.33. The van der Waals surface area contributed by atoms with Gasteiger partial charge in [0.1, 0.15) is 0 Å². The van der Waals surface area contributed by atoms with Crippen molar-refractivity contribution in [2.45, 2.75) is 45.6 Å². The predicted molar refractivity (Wildman–Crippen MR) is 117 cm³/mol. The molecule has 3 atom stereocenters. The normalized spacial score (nSPS) is 20.9. The lowest BCUT2D eigenvalue weighted by atomic mass is 9.89. The number of nitrogens with zero attached hydrogens (tertiary/aromatic N) is 1. The van der Waals surface area contributed by atoms with Gasteiger partial charge in [-0.25, -0.2) is 0 Å². The Balaban J connectivity index is 1.74. The average Bonchev–Trinajstić information content (AvgIpc) is 3.18. The number of hydrogen-bond acceptors (Lipinski definition) is 3. The number of likely N-dealkylation sites (tertiary alicyclic amines) is 1. The van der Waals surface area contributed by atoms with Gasteiger partial charge in [-0.15, -0.1) is 0 Å². The molecule has 0 aliphatic carbocycles. The lowest BCUT2D eigenvalue weighted by Gasteiger charge is -2.25. The molecule has 1 unspecified atom stereocenters. The summed E-state index contributed by atoms with van der Waals surface area (Å²) in [7, 11) is 0. The third-order valence-corrected chi connectivity index (χ3v) is 6.17. The van der Waals surface area contributed by atoms with E-state index in [0.717, 1.165) is 31.6 Å². The Morgan fingerprint density at radius 1 is 1.07 bits per heavy atom. The molecule has 2 aromatic carbocycles. The van der Waals surface area contributed by atoms with Crippen molar-refractivity contribution in [2.75, 3.05) is 25.0 Å². The van der Waals surface area contributed by atoms with Crippen LogP contribution in [-0.4, -0.2) is 36.5 Å². The molecular weight excluding hydrogens is 346 g/mol. The van der Waals surface area contributed by atoms with Crippen molar-refractivity contribution >= 4 is 11.6 Å². The van der Waals surface area contributed by atoms with Gasteiger partial charge >= 0.3 is 0 Å². The van der Waals surface area contributed by atoms with E-state index in [1.54, 1.807) is 0 Å². The minimum Gasteiger partial charge on any atom is -0.330 e. The lowest BCUT2D eigenvalue weighted by molar-refractivity contribution is -0.120. The number of hydrogen-bond donors (Lipinski definition) is 2. The summed E-state index contributed by atoms with van der Waals surface area (Å²) < 4.78 is 0. The Labute approximate surface area is 169 Å². The number of anilines is 1. The molecule has 0 radical (unpaired) electrons. The highest BCUT2D eigenvalue weighted by atomic mass is 16.2. The summed E-state index contributed by atoms with van der Waals surface area (Å²) in [5.74, 6) is 0.836. The van der Waals surface area contributed by atoms with Crippen LogP contribution in [0.15, 0.2) is 48.5 Å². The molecule has 1 saturated heterocycles. The van der Waals surface area contributed by atoms with Crippen LogP contribution in [0.1, 0.15) is 43.4 Å². The molecule has 4 heteroatoms. The minimum atomic E-state index is -0.183. The number of nitrogens with two attached hydrogens (primary N) is 1. The SMILES string of the molecule is CCc1cccc(CC)c1NC(=O)C(C)N1C[C@@H](CN)[C@H](c2ccccc2)C1. The molecule has 3 rings (SSSR count). The lowest BCUT2D eigenvalue weighted by Crippen LogP contribution is -2.41. The van der Waals surface area contributed by atoms with Crippen molar-refractivity contribution < 1.29 is 4.79 Å². The van der Waals surface area contributed by atoms with Gasteiger partial charge in [0.15, 0.2) is 0 Å². The standard InChI is InChI=1S/C24H33N3O/c1-4-18-12-9-13-19(5-2)23(18)26-24(28)17(3)27-15-21(14-25)22(16-27)20-10-7-6-8-11-20/h6-13,17,21-22H,4-5,14-16,25H2,1-3H3,(H,26,28)/t17?,21-,22+/m1/s1. The van der Waals surface area contributed by atoms with Crippen molar-refractivity contribution in [3.63, 3.8) is 0 Å². The Morgan fingerprint density at radius 3 is 2.29 bits per heavy atom. The van der Waals surface area contributed by atoms with Crippen LogP contribution in [0.2, 0.25) is 0 Å². The number of rotatable bonds is 7. The monoisotopic (exact) mass is 379 g/mol. The maximum atomic E-state index is 13.1. The number of para-hydroxylation sites is 1. The topological polar surface area (TPSA) is 58.4 Å². The number of amides is 1. The van der Waals surface area contributed by atoms with Crippen molar-refractivity contribution in [3.8, 4) is 0 Å². The van der Waals surface area contributed by atoms with Crippen molar-refractivity contribution in [2.24, 2.45) is 11.7 Å². The Morgan fingerprint density at radius 2 is 1.71 bits per heavy atom. The first-order valence-corrected chi connectivity index (χ1v) is 10.5. The van der Waals surface area contributed by atoms with Gasteiger partial charge in [-0.3, -0.25) is 9.69 Å². The van der Waals surface area contributed by atoms with Crippen LogP contribution in [0.3, 0.4) is 0 Å². The number of carbonyl (C=O) groups is 1. The number of carbonyl (C=O) groups excluding carboxylic acids is 1. The van der Waals surface area contributed by atoms with Gasteiger partial charge < -0.3 is 11.1 Å². The second-order valence-electron chi connectivity index (χ2n) is 7.79. The molecule has 1 amide bonds. The van der Waals surface area contributed by atoms with E-state index in [0.29, 0.717) is 18.4 Å². The predicted octanol–water partition coefficient (Wildman–Crippen LogP) is 3.81. The van der Waals surface area contributed by atoms with Crippen molar-refractivity contribution in [1.29, 1.82) is 0 Å². The zero-order valence-corrected chi connectivity index (χ0v) is 17.3. The van der Waals surface area contributed by atoms with E-state index in [2.05, 4.69) is 66.5 Å².